The van der Waals surface area contributed by atoms with Crippen LogP contribution in [0.15, 0.2) is 18.2 Å². The molecule has 1 atom stereocenters. The molecule has 1 aromatic rings. The number of carbonyl (C=O) groups excluding carboxylic acids is 1. The molecule has 24 heavy (non-hydrogen) atoms. The van der Waals surface area contributed by atoms with Gasteiger partial charge in [0.15, 0.2) is 11.5 Å². The third-order valence-corrected chi connectivity index (χ3v) is 4.48. The Hall–Kier alpha value is -1.75. The van der Waals surface area contributed by atoms with Crippen LogP contribution in [0.5, 0.6) is 11.5 Å². The van der Waals surface area contributed by atoms with Crippen LogP contribution >= 0.6 is 0 Å². The number of esters is 1. The van der Waals surface area contributed by atoms with Crippen molar-refractivity contribution in [2.24, 2.45) is 0 Å². The second-order valence-corrected chi connectivity index (χ2v) is 6.67. The molecule has 0 heterocycles. The maximum absolute atomic E-state index is 11.8. The molecule has 0 bridgehead atoms. The first kappa shape index (κ1) is 18.6. The minimum atomic E-state index is -0.198. The highest BCUT2D eigenvalue weighted by Gasteiger charge is 2.22. The number of benzene rings is 1. The van der Waals surface area contributed by atoms with E-state index in [1.165, 1.54) is 20.0 Å². The van der Waals surface area contributed by atoms with Crippen molar-refractivity contribution in [1.82, 2.24) is 4.90 Å². The number of methoxy groups -OCH3 is 2. The van der Waals surface area contributed by atoms with E-state index >= 15 is 0 Å². The molecular weight excluding hydrogens is 306 g/mol. The molecule has 1 aliphatic rings. The lowest BCUT2D eigenvalue weighted by molar-refractivity contribution is -0.141. The van der Waals surface area contributed by atoms with Crippen LogP contribution in [0.1, 0.15) is 43.6 Å². The minimum absolute atomic E-state index is 0.0595. The number of rotatable bonds is 8. The fraction of sp³-hybridized carbons (Fsp3) is 0.632. The molecule has 0 spiro atoms. The fourth-order valence-corrected chi connectivity index (χ4v) is 3.24. The van der Waals surface area contributed by atoms with Crippen LogP contribution in [0.4, 0.5) is 0 Å². The van der Waals surface area contributed by atoms with Crippen LogP contribution in [0.3, 0.4) is 0 Å². The molecule has 1 saturated carbocycles. The summed E-state index contributed by atoms with van der Waals surface area (Å²) in [5.41, 5.74) is 1.07. The molecule has 1 unspecified atom stereocenters. The highest BCUT2D eigenvalue weighted by Crippen LogP contribution is 2.35. The molecular formula is C19H29NO4. The molecule has 0 N–H and O–H groups in total. The Morgan fingerprint density at radius 2 is 1.92 bits per heavy atom. The summed E-state index contributed by atoms with van der Waals surface area (Å²) in [6.45, 7) is 0.768. The van der Waals surface area contributed by atoms with E-state index in [9.17, 15) is 4.79 Å². The van der Waals surface area contributed by atoms with E-state index in [2.05, 4.69) is 4.90 Å². The van der Waals surface area contributed by atoms with Crippen LogP contribution in [0.2, 0.25) is 0 Å². The summed E-state index contributed by atoms with van der Waals surface area (Å²) in [7, 11) is 7.09. The maximum atomic E-state index is 11.8. The van der Waals surface area contributed by atoms with Crippen LogP contribution in [0.25, 0.3) is 0 Å². The zero-order chi connectivity index (χ0) is 17.5. The summed E-state index contributed by atoms with van der Waals surface area (Å²) in [4.78, 5) is 13.8. The zero-order valence-electron chi connectivity index (χ0n) is 15.2. The number of carbonyl (C=O) groups is 1. The van der Waals surface area contributed by atoms with E-state index in [0.29, 0.717) is 6.42 Å². The summed E-state index contributed by atoms with van der Waals surface area (Å²) >= 11 is 0. The molecule has 134 valence electrons. The first-order valence-corrected chi connectivity index (χ1v) is 8.59. The number of likely N-dealkylation sites (N-methyl/N-ethyl adjacent to an activating group) is 1. The van der Waals surface area contributed by atoms with Gasteiger partial charge < -0.3 is 19.1 Å². The second-order valence-electron chi connectivity index (χ2n) is 6.67. The van der Waals surface area contributed by atoms with Gasteiger partial charge in [-0.15, -0.1) is 0 Å². The number of hydrogen-bond donors (Lipinski definition) is 0. The Kier molecular flexibility index (Phi) is 6.91. The van der Waals surface area contributed by atoms with Crippen molar-refractivity contribution in [2.45, 2.75) is 44.1 Å². The second kappa shape index (κ2) is 8.92. The van der Waals surface area contributed by atoms with Gasteiger partial charge in [0.05, 0.1) is 26.7 Å². The monoisotopic (exact) mass is 335 g/mol. The van der Waals surface area contributed by atoms with Gasteiger partial charge in [0.1, 0.15) is 0 Å². The largest absolute Gasteiger partial charge is 0.493 e. The average Bonchev–Trinajstić information content (AvgIpc) is 3.06. The Morgan fingerprint density at radius 3 is 2.50 bits per heavy atom. The average molecular weight is 335 g/mol. The van der Waals surface area contributed by atoms with Crippen molar-refractivity contribution in [3.63, 3.8) is 0 Å². The Balaban J connectivity index is 2.23. The Bertz CT molecular complexity index is 538. The molecule has 0 radical (unpaired) electrons. The van der Waals surface area contributed by atoms with Gasteiger partial charge in [-0.2, -0.15) is 0 Å². The lowest BCUT2D eigenvalue weighted by Gasteiger charge is -2.23. The van der Waals surface area contributed by atoms with Crippen molar-refractivity contribution in [2.75, 3.05) is 34.9 Å². The number of hydrogen-bond acceptors (Lipinski definition) is 5. The molecule has 0 aromatic heterocycles. The summed E-state index contributed by atoms with van der Waals surface area (Å²) in [5.74, 6) is 1.38. The van der Waals surface area contributed by atoms with E-state index in [1.54, 1.807) is 7.11 Å². The molecule has 5 nitrogen and oxygen atoms in total. The molecule has 5 heteroatoms. The fourth-order valence-electron chi connectivity index (χ4n) is 3.24. The van der Waals surface area contributed by atoms with E-state index in [4.69, 9.17) is 14.2 Å². The zero-order valence-corrected chi connectivity index (χ0v) is 15.2. The lowest BCUT2D eigenvalue weighted by Crippen LogP contribution is -2.23. The quantitative estimate of drug-likeness (QED) is 0.683. The first-order chi connectivity index (χ1) is 11.5. The van der Waals surface area contributed by atoms with Crippen molar-refractivity contribution in [1.29, 1.82) is 0 Å². The van der Waals surface area contributed by atoms with Gasteiger partial charge >= 0.3 is 5.97 Å². The third kappa shape index (κ3) is 5.13. The Labute approximate surface area is 144 Å². The van der Waals surface area contributed by atoms with Crippen LogP contribution in [-0.2, 0) is 9.53 Å². The van der Waals surface area contributed by atoms with Gasteiger partial charge in [0, 0.05) is 12.5 Å². The molecule has 1 fully saturated rings. The van der Waals surface area contributed by atoms with Gasteiger partial charge in [-0.05, 0) is 57.5 Å². The van der Waals surface area contributed by atoms with E-state index in [1.807, 2.05) is 32.3 Å². The van der Waals surface area contributed by atoms with Gasteiger partial charge in [0.25, 0.3) is 0 Å². The highest BCUT2D eigenvalue weighted by atomic mass is 16.5. The Morgan fingerprint density at radius 1 is 1.21 bits per heavy atom. The van der Waals surface area contributed by atoms with Gasteiger partial charge in [-0.1, -0.05) is 6.07 Å². The molecule has 2 rings (SSSR count). The van der Waals surface area contributed by atoms with Crippen molar-refractivity contribution < 1.29 is 19.0 Å². The van der Waals surface area contributed by atoms with Crippen molar-refractivity contribution >= 4 is 5.97 Å². The number of ether oxygens (including phenoxy) is 3. The molecule has 0 aliphatic heterocycles. The summed E-state index contributed by atoms with van der Waals surface area (Å²) in [6.07, 6.45) is 5.25. The van der Waals surface area contributed by atoms with E-state index < -0.39 is 0 Å². The first-order valence-electron chi connectivity index (χ1n) is 8.59. The van der Waals surface area contributed by atoms with E-state index in [0.717, 1.165) is 36.4 Å². The minimum Gasteiger partial charge on any atom is -0.493 e. The van der Waals surface area contributed by atoms with Gasteiger partial charge in [-0.25, -0.2) is 0 Å². The van der Waals surface area contributed by atoms with Gasteiger partial charge in [0.2, 0.25) is 0 Å². The predicted octanol–water partition coefficient (Wildman–Crippen LogP) is 3.22. The topological polar surface area (TPSA) is 48.0 Å². The summed E-state index contributed by atoms with van der Waals surface area (Å²) < 4.78 is 16.5. The van der Waals surface area contributed by atoms with Crippen LogP contribution in [-0.4, -0.2) is 51.8 Å². The smallest absolute Gasteiger partial charge is 0.306 e. The van der Waals surface area contributed by atoms with Crippen LogP contribution in [0, 0.1) is 0 Å². The number of nitrogens with zero attached hydrogens (tertiary/aromatic N) is 1. The lowest BCUT2D eigenvalue weighted by atomic mass is 9.94. The standard InChI is InChI=1S/C19H29NO4/c1-20(2)13-15(12-19(21)23-4)14-9-10-17(22-3)18(11-14)24-16-7-5-6-8-16/h9-11,15-16H,5-8,12-13H2,1-4H3. The molecule has 0 saturated heterocycles. The highest BCUT2D eigenvalue weighted by molar-refractivity contribution is 5.70. The molecule has 1 aromatic carbocycles. The van der Waals surface area contributed by atoms with Gasteiger partial charge in [-0.3, -0.25) is 4.79 Å². The third-order valence-electron chi connectivity index (χ3n) is 4.48. The predicted molar refractivity (Wildman–Crippen MR) is 93.8 cm³/mol. The van der Waals surface area contributed by atoms with Crippen molar-refractivity contribution in [3.05, 3.63) is 23.8 Å². The van der Waals surface area contributed by atoms with Crippen molar-refractivity contribution in [3.8, 4) is 11.5 Å². The summed E-state index contributed by atoms with van der Waals surface area (Å²) in [6, 6.07) is 5.96. The SMILES string of the molecule is COC(=O)CC(CN(C)C)c1ccc(OC)c(OC2CCCC2)c1. The molecule has 1 aliphatic carbocycles. The maximum Gasteiger partial charge on any atom is 0.306 e. The normalized spacial score (nSPS) is 16.2. The van der Waals surface area contributed by atoms with E-state index in [-0.39, 0.29) is 18.0 Å². The summed E-state index contributed by atoms with van der Waals surface area (Å²) in [5, 5.41) is 0. The molecule has 0 amide bonds. The van der Waals surface area contributed by atoms with Crippen LogP contribution < -0.4 is 9.47 Å².